The van der Waals surface area contributed by atoms with E-state index in [2.05, 4.69) is 45.4 Å². The van der Waals surface area contributed by atoms with Gasteiger partial charge in [-0.2, -0.15) is 13.5 Å². The summed E-state index contributed by atoms with van der Waals surface area (Å²) in [6, 6.07) is 30.4. The molecule has 1 aliphatic heterocycles. The smallest absolute Gasteiger partial charge is 0.240 e. The lowest BCUT2D eigenvalue weighted by Crippen LogP contribution is -2.25. The molecule has 186 valence electrons. The van der Waals surface area contributed by atoms with Gasteiger partial charge in [-0.15, -0.1) is 0 Å². The first kappa shape index (κ1) is 27.7. The number of benzene rings is 3. The average Bonchev–Trinajstić information content (AvgIpc) is 2.83. The van der Waals surface area contributed by atoms with Crippen LogP contribution in [0.2, 0.25) is 0 Å². The molecule has 0 bridgehead atoms. The Morgan fingerprint density at radius 3 is 1.43 bits per heavy atom. The highest BCUT2D eigenvalue weighted by Gasteiger charge is 2.39. The summed E-state index contributed by atoms with van der Waals surface area (Å²) < 4.78 is 21.4. The fraction of sp³-hybridized carbons (Fsp3) is 0.182. The van der Waals surface area contributed by atoms with Crippen LogP contribution in [0.4, 0.5) is 0 Å². The summed E-state index contributed by atoms with van der Waals surface area (Å²) in [6.45, 7) is -1.09. The van der Waals surface area contributed by atoms with Crippen molar-refractivity contribution in [2.45, 2.75) is 13.8 Å². The Morgan fingerprint density at radius 1 is 0.657 bits per heavy atom. The minimum absolute atomic E-state index is 0.627. The van der Waals surface area contributed by atoms with Crippen molar-refractivity contribution in [3.05, 3.63) is 91.0 Å². The van der Waals surface area contributed by atoms with Crippen LogP contribution >= 0.6 is 71.3 Å². The molecule has 0 saturated heterocycles. The third kappa shape index (κ3) is 5.91. The maximum atomic E-state index is 7.29. The van der Waals surface area contributed by atoms with Crippen LogP contribution in [0.25, 0.3) is 0 Å². The highest BCUT2D eigenvalue weighted by molar-refractivity contribution is 8.18. The zero-order valence-corrected chi connectivity index (χ0v) is 25.7. The summed E-state index contributed by atoms with van der Waals surface area (Å²) in [5, 5.41) is 3.08. The molecule has 0 saturated carbocycles. The summed E-state index contributed by atoms with van der Waals surface area (Å²) in [5.41, 5.74) is 0. The molecule has 13 heteroatoms. The van der Waals surface area contributed by atoms with Crippen molar-refractivity contribution in [1.29, 1.82) is 0 Å². The second kappa shape index (κ2) is 11.2. The molecule has 5 nitrogen and oxygen atoms in total. The Morgan fingerprint density at radius 2 is 1.06 bits per heavy atom. The lowest BCUT2D eigenvalue weighted by atomic mass is 10.4. The van der Waals surface area contributed by atoms with Crippen molar-refractivity contribution < 1.29 is 0 Å². The number of hydrogen-bond donors (Lipinski definition) is 0. The summed E-state index contributed by atoms with van der Waals surface area (Å²) in [4.78, 5) is 0. The van der Waals surface area contributed by atoms with Crippen molar-refractivity contribution in [3.63, 3.8) is 0 Å². The summed E-state index contributed by atoms with van der Waals surface area (Å²) in [6.07, 6.45) is 0. The molecule has 0 radical (unpaired) electrons. The van der Waals surface area contributed by atoms with Crippen molar-refractivity contribution >= 4 is 87.3 Å². The quantitative estimate of drug-likeness (QED) is 0.241. The van der Waals surface area contributed by atoms with Crippen molar-refractivity contribution in [1.82, 2.24) is 4.67 Å². The first-order chi connectivity index (χ1) is 16.7. The van der Waals surface area contributed by atoms with E-state index in [1.54, 1.807) is 0 Å². The van der Waals surface area contributed by atoms with E-state index in [0.29, 0.717) is 13.1 Å². The van der Waals surface area contributed by atoms with Gasteiger partial charge in [-0.1, -0.05) is 105 Å². The van der Waals surface area contributed by atoms with E-state index in [0.717, 1.165) is 15.9 Å². The Balaban J connectivity index is 2.19. The maximum Gasteiger partial charge on any atom is 0.282 e. The molecule has 0 spiro atoms. The van der Waals surface area contributed by atoms with Gasteiger partial charge >= 0.3 is 0 Å². The summed E-state index contributed by atoms with van der Waals surface area (Å²) in [7, 11) is -2.69. The molecule has 4 rings (SSSR count). The molecule has 0 aliphatic carbocycles. The first-order valence-corrected chi connectivity index (χ1v) is 21.3. The molecule has 1 aliphatic rings. The highest BCUT2D eigenvalue weighted by Crippen LogP contribution is 2.87. The van der Waals surface area contributed by atoms with E-state index in [1.165, 1.54) is 0 Å². The van der Waals surface area contributed by atoms with E-state index in [4.69, 9.17) is 54.0 Å². The largest absolute Gasteiger partial charge is 0.282 e. The Hall–Kier alpha value is -0.300. The molecule has 0 aromatic heterocycles. The van der Waals surface area contributed by atoms with Crippen LogP contribution in [0.3, 0.4) is 0 Å². The Labute approximate surface area is 226 Å². The van der Waals surface area contributed by atoms with Gasteiger partial charge in [0, 0.05) is 29.0 Å². The molecule has 0 unspecified atom stereocenters. The van der Waals surface area contributed by atoms with Gasteiger partial charge in [-0.05, 0) is 45.0 Å². The number of hydrogen-bond acceptors (Lipinski definition) is 5. The molecule has 0 fully saturated rings. The van der Waals surface area contributed by atoms with Gasteiger partial charge in [0.1, 0.15) is 0 Å². The van der Waals surface area contributed by atoms with Crippen LogP contribution in [0.1, 0.15) is 13.8 Å². The van der Waals surface area contributed by atoms with E-state index in [9.17, 15) is 0 Å². The molecule has 0 N–H and O–H groups in total. The number of rotatable bonds is 7. The van der Waals surface area contributed by atoms with Crippen molar-refractivity contribution in [3.8, 4) is 0 Å². The van der Waals surface area contributed by atoms with Gasteiger partial charge in [-0.3, -0.25) is 0 Å². The normalized spacial score (nSPS) is 23.6. The predicted octanol–water partition coefficient (Wildman–Crippen LogP) is 10.3. The van der Waals surface area contributed by atoms with Crippen LogP contribution in [-0.2, 0) is 0 Å². The van der Waals surface area contributed by atoms with E-state index >= 15 is 0 Å². The van der Waals surface area contributed by atoms with Crippen LogP contribution in [0.15, 0.2) is 109 Å². The molecule has 1 heterocycles. The van der Waals surface area contributed by atoms with E-state index < -0.39 is 26.4 Å². The van der Waals surface area contributed by atoms with Crippen LogP contribution in [-0.4, -0.2) is 17.8 Å². The van der Waals surface area contributed by atoms with Gasteiger partial charge in [0.25, 0.3) is 12.6 Å². The summed E-state index contributed by atoms with van der Waals surface area (Å²) >= 11 is 27.7. The Kier molecular flexibility index (Phi) is 8.88. The second-order valence-electron chi connectivity index (χ2n) is 7.58. The topological polar surface area (TPSA) is 52.7 Å². The van der Waals surface area contributed by atoms with Crippen LogP contribution < -0.4 is 15.9 Å². The minimum atomic E-state index is -3.34. The lowest BCUT2D eigenvalue weighted by Gasteiger charge is -2.33. The molecule has 0 amide bonds. The molecular weight excluding hydrogens is 600 g/mol. The first-order valence-electron chi connectivity index (χ1n) is 10.9. The zero-order valence-electron chi connectivity index (χ0n) is 19.1. The SMILES string of the molecule is CCN(CC)[P@@]1(Cl)=NP(Cl)(Cl)=N[P@](Cl)(N=P(c2ccccc2)(c2ccccc2)c2ccccc2)=N1. The lowest BCUT2D eigenvalue weighted by molar-refractivity contribution is 0.508. The van der Waals surface area contributed by atoms with Crippen LogP contribution in [0, 0.1) is 0 Å². The summed E-state index contributed by atoms with van der Waals surface area (Å²) in [5.74, 6) is -3.20. The van der Waals surface area contributed by atoms with E-state index in [-0.39, 0.29) is 0 Å². The minimum Gasteiger partial charge on any atom is -0.240 e. The van der Waals surface area contributed by atoms with Gasteiger partial charge in [-0.25, -0.2) is 9.19 Å². The molecule has 3 aromatic rings. The monoisotopic (exact) mass is 623 g/mol. The third-order valence-electron chi connectivity index (χ3n) is 5.40. The van der Waals surface area contributed by atoms with Gasteiger partial charge in [0.15, 0.2) is 0 Å². The fourth-order valence-electron chi connectivity index (χ4n) is 3.91. The molecular formula is C22H25Cl4N5P4. The average molecular weight is 625 g/mol. The maximum absolute atomic E-state index is 7.29. The third-order valence-corrected chi connectivity index (χ3v) is 23.3. The predicted molar refractivity (Wildman–Crippen MR) is 162 cm³/mol. The highest BCUT2D eigenvalue weighted by atomic mass is 35.9. The molecule has 3 aromatic carbocycles. The van der Waals surface area contributed by atoms with Gasteiger partial charge in [0.05, 0.1) is 7.05 Å². The number of nitrogens with zero attached hydrogens (tertiary/aromatic N) is 5. The zero-order chi connectivity index (χ0) is 25.2. The van der Waals surface area contributed by atoms with Crippen LogP contribution in [0.5, 0.6) is 0 Å². The Bertz CT molecular complexity index is 1300. The van der Waals surface area contributed by atoms with Crippen molar-refractivity contribution in [2.75, 3.05) is 13.1 Å². The van der Waals surface area contributed by atoms with Gasteiger partial charge in [0.2, 0.25) is 6.71 Å². The second-order valence-corrected chi connectivity index (χ2v) is 22.8. The standard InChI is InChI=1S/C22H25Cl4N5P4/c1-3-31(4-2)35(26)29-33(23,24)28-34(25,30-35)27-32(20-14-8-5-9-15-20,21-16-10-6-11-17-21)22-18-12-7-13-19-22/h5-19H,3-4H2,1-2H3/t34-,35-/m0/s1. The van der Waals surface area contributed by atoms with E-state index in [1.807, 2.05) is 73.1 Å². The fourth-order valence-corrected chi connectivity index (χ4v) is 26.5. The molecule has 35 heavy (non-hydrogen) atoms. The number of halogens is 4. The van der Waals surface area contributed by atoms with Crippen molar-refractivity contribution in [2.24, 2.45) is 18.1 Å². The van der Waals surface area contributed by atoms with Gasteiger partial charge < -0.3 is 0 Å². The molecule has 2 atom stereocenters.